The summed E-state index contributed by atoms with van der Waals surface area (Å²) >= 11 is 0. The second-order valence-electron chi connectivity index (χ2n) is 5.18. The first kappa shape index (κ1) is 12.7. The van der Waals surface area contributed by atoms with Crippen molar-refractivity contribution in [3.05, 3.63) is 12.7 Å². The molecule has 1 fully saturated rings. The van der Waals surface area contributed by atoms with E-state index in [2.05, 4.69) is 6.58 Å². The highest BCUT2D eigenvalue weighted by atomic mass is 16.6. The van der Waals surface area contributed by atoms with Gasteiger partial charge in [0.2, 0.25) is 0 Å². The molecular formula is C12H18O4. The van der Waals surface area contributed by atoms with Gasteiger partial charge in [0.05, 0.1) is 0 Å². The molecule has 0 bridgehead atoms. The molecule has 0 radical (unpaired) electrons. The van der Waals surface area contributed by atoms with Gasteiger partial charge < -0.3 is 9.47 Å². The first-order chi connectivity index (χ1) is 7.08. The number of rotatable bonds is 2. The summed E-state index contributed by atoms with van der Waals surface area (Å²) in [5, 5.41) is 0. The number of esters is 2. The minimum absolute atomic E-state index is 0.364. The zero-order valence-electron chi connectivity index (χ0n) is 10.4. The van der Waals surface area contributed by atoms with Crippen molar-refractivity contribution in [2.75, 3.05) is 0 Å². The molecule has 0 aromatic rings. The fraction of sp³-hybridized carbons (Fsp3) is 0.667. The van der Waals surface area contributed by atoms with E-state index in [1.165, 1.54) is 0 Å². The molecule has 1 atom stereocenters. The fourth-order valence-electron chi connectivity index (χ4n) is 1.90. The molecule has 0 aromatic heterocycles. The molecule has 1 saturated heterocycles. The van der Waals surface area contributed by atoms with Crippen LogP contribution < -0.4 is 0 Å². The van der Waals surface area contributed by atoms with Crippen molar-refractivity contribution in [3.63, 3.8) is 0 Å². The van der Waals surface area contributed by atoms with Gasteiger partial charge in [0, 0.05) is 6.08 Å². The van der Waals surface area contributed by atoms with E-state index < -0.39 is 22.6 Å². The summed E-state index contributed by atoms with van der Waals surface area (Å²) in [5.41, 5.74) is -2.75. The highest BCUT2D eigenvalue weighted by Crippen LogP contribution is 2.51. The third-order valence-electron chi connectivity index (χ3n) is 3.67. The Labute approximate surface area is 95.6 Å². The highest BCUT2D eigenvalue weighted by Gasteiger charge is 2.67. The van der Waals surface area contributed by atoms with Gasteiger partial charge in [-0.05, 0) is 34.6 Å². The average molecular weight is 226 g/mol. The van der Waals surface area contributed by atoms with Gasteiger partial charge in [0.25, 0.3) is 0 Å². The lowest BCUT2D eigenvalue weighted by Gasteiger charge is -2.40. The van der Waals surface area contributed by atoms with Crippen molar-refractivity contribution in [2.24, 2.45) is 5.41 Å². The molecule has 4 nitrogen and oxygen atoms in total. The minimum atomic E-state index is -1.01. The van der Waals surface area contributed by atoms with Gasteiger partial charge in [-0.2, -0.15) is 0 Å². The average Bonchev–Trinajstić information content (AvgIpc) is 2.25. The van der Waals surface area contributed by atoms with Crippen LogP contribution in [0.1, 0.15) is 34.6 Å². The summed E-state index contributed by atoms with van der Waals surface area (Å²) < 4.78 is 10.6. The van der Waals surface area contributed by atoms with Gasteiger partial charge in [-0.3, -0.25) is 4.79 Å². The van der Waals surface area contributed by atoms with Crippen molar-refractivity contribution in [1.82, 2.24) is 0 Å². The molecule has 1 rings (SSSR count). The zero-order valence-corrected chi connectivity index (χ0v) is 10.4. The van der Waals surface area contributed by atoms with Crippen molar-refractivity contribution >= 4 is 11.9 Å². The van der Waals surface area contributed by atoms with E-state index in [0.29, 0.717) is 0 Å². The third kappa shape index (κ3) is 1.44. The van der Waals surface area contributed by atoms with E-state index in [-0.39, 0.29) is 5.97 Å². The Hall–Kier alpha value is -1.32. The van der Waals surface area contributed by atoms with Gasteiger partial charge in [-0.25, -0.2) is 4.79 Å². The molecule has 0 aliphatic carbocycles. The normalized spacial score (nSPS) is 30.7. The molecule has 16 heavy (non-hydrogen) atoms. The van der Waals surface area contributed by atoms with Crippen molar-refractivity contribution < 1.29 is 19.1 Å². The quantitative estimate of drug-likeness (QED) is 0.532. The predicted molar refractivity (Wildman–Crippen MR) is 58.6 cm³/mol. The molecule has 90 valence electrons. The molecule has 4 heteroatoms. The number of carbonyl (C=O) groups excluding carboxylic acids is 2. The van der Waals surface area contributed by atoms with E-state index in [4.69, 9.17) is 9.47 Å². The van der Waals surface area contributed by atoms with Crippen LogP contribution in [-0.2, 0) is 19.1 Å². The standard InChI is InChI=1S/C12H18O4/c1-7-8(13)15-12(6)10(2,3)9(14)16-11(12,4)5/h7H,1H2,2-6H3. The van der Waals surface area contributed by atoms with Gasteiger partial charge in [-0.15, -0.1) is 0 Å². The molecule has 0 aromatic carbocycles. The number of hydrogen-bond acceptors (Lipinski definition) is 4. The molecule has 1 unspecified atom stereocenters. The lowest BCUT2D eigenvalue weighted by Crippen LogP contribution is -2.55. The molecule has 0 spiro atoms. The molecule has 1 aliphatic heterocycles. The summed E-state index contributed by atoms with van der Waals surface area (Å²) in [6.45, 7) is 11.9. The van der Waals surface area contributed by atoms with E-state index in [0.717, 1.165) is 6.08 Å². The SMILES string of the molecule is C=CC(=O)OC1(C)C(C)(C)OC(=O)C1(C)C. The Balaban J connectivity index is 3.20. The van der Waals surface area contributed by atoms with Crippen LogP contribution in [0.3, 0.4) is 0 Å². The summed E-state index contributed by atoms with van der Waals surface area (Å²) in [6.07, 6.45) is 1.08. The largest absolute Gasteiger partial charge is 0.455 e. The molecule has 0 saturated carbocycles. The Bertz CT molecular complexity index is 354. The van der Waals surface area contributed by atoms with E-state index in [1.807, 2.05) is 0 Å². The lowest BCUT2D eigenvalue weighted by molar-refractivity contribution is -0.178. The fourth-order valence-corrected chi connectivity index (χ4v) is 1.90. The van der Waals surface area contributed by atoms with Gasteiger partial charge in [-0.1, -0.05) is 6.58 Å². The maximum atomic E-state index is 11.8. The minimum Gasteiger partial charge on any atom is -0.455 e. The number of hydrogen-bond donors (Lipinski definition) is 0. The van der Waals surface area contributed by atoms with Crippen LogP contribution in [0.5, 0.6) is 0 Å². The predicted octanol–water partition coefficient (Wildman–Crippen LogP) is 1.84. The summed E-state index contributed by atoms with van der Waals surface area (Å²) in [5.74, 6) is -0.918. The monoisotopic (exact) mass is 226 g/mol. The molecule has 0 amide bonds. The van der Waals surface area contributed by atoms with Crippen LogP contribution in [0.15, 0.2) is 12.7 Å². The van der Waals surface area contributed by atoms with Crippen LogP contribution in [0.2, 0.25) is 0 Å². The van der Waals surface area contributed by atoms with E-state index in [1.54, 1.807) is 34.6 Å². The van der Waals surface area contributed by atoms with Gasteiger partial charge >= 0.3 is 11.9 Å². The summed E-state index contributed by atoms with van der Waals surface area (Å²) in [7, 11) is 0. The maximum Gasteiger partial charge on any atom is 0.330 e. The molecule has 1 heterocycles. The molecule has 0 N–H and O–H groups in total. The van der Waals surface area contributed by atoms with Crippen LogP contribution in [0, 0.1) is 5.41 Å². The van der Waals surface area contributed by atoms with Crippen LogP contribution in [0.4, 0.5) is 0 Å². The molecular weight excluding hydrogens is 208 g/mol. The maximum absolute atomic E-state index is 11.8. The summed E-state index contributed by atoms with van der Waals surface area (Å²) in [4.78, 5) is 23.1. The number of carbonyl (C=O) groups is 2. The Morgan fingerprint density at radius 2 is 1.81 bits per heavy atom. The second-order valence-corrected chi connectivity index (χ2v) is 5.18. The third-order valence-corrected chi connectivity index (χ3v) is 3.67. The van der Waals surface area contributed by atoms with E-state index >= 15 is 0 Å². The van der Waals surface area contributed by atoms with Crippen molar-refractivity contribution in [1.29, 1.82) is 0 Å². The van der Waals surface area contributed by atoms with Crippen molar-refractivity contribution in [3.8, 4) is 0 Å². The van der Waals surface area contributed by atoms with Crippen LogP contribution >= 0.6 is 0 Å². The van der Waals surface area contributed by atoms with Gasteiger partial charge in [0.15, 0.2) is 5.60 Å². The first-order valence-corrected chi connectivity index (χ1v) is 5.17. The number of ether oxygens (including phenoxy) is 2. The Kier molecular flexibility index (Phi) is 2.66. The Morgan fingerprint density at radius 3 is 2.12 bits per heavy atom. The van der Waals surface area contributed by atoms with E-state index in [9.17, 15) is 9.59 Å². The summed E-state index contributed by atoms with van der Waals surface area (Å²) in [6, 6.07) is 0. The highest BCUT2D eigenvalue weighted by molar-refractivity contribution is 5.85. The topological polar surface area (TPSA) is 52.6 Å². The lowest BCUT2D eigenvalue weighted by atomic mass is 9.70. The zero-order chi connectivity index (χ0) is 12.8. The number of cyclic esters (lactones) is 1. The van der Waals surface area contributed by atoms with Crippen LogP contribution in [-0.4, -0.2) is 23.1 Å². The second kappa shape index (κ2) is 3.34. The van der Waals surface area contributed by atoms with Crippen LogP contribution in [0.25, 0.3) is 0 Å². The van der Waals surface area contributed by atoms with Gasteiger partial charge in [0.1, 0.15) is 11.0 Å². The molecule has 1 aliphatic rings. The first-order valence-electron chi connectivity index (χ1n) is 5.17. The smallest absolute Gasteiger partial charge is 0.330 e. The van der Waals surface area contributed by atoms with Crippen molar-refractivity contribution in [2.45, 2.75) is 45.8 Å². The Morgan fingerprint density at radius 1 is 1.31 bits per heavy atom.